The molecule has 184 valence electrons. The van der Waals surface area contributed by atoms with E-state index in [-0.39, 0.29) is 24.3 Å². The van der Waals surface area contributed by atoms with Crippen molar-refractivity contribution in [2.75, 3.05) is 17.2 Å². The Bertz CT molecular complexity index is 1180. The number of para-hydroxylation sites is 2. The fraction of sp³-hybridized carbons (Fsp3) is 0.423. The van der Waals surface area contributed by atoms with Gasteiger partial charge in [0, 0.05) is 10.4 Å². The molecule has 3 N–H and O–H groups in total. The van der Waals surface area contributed by atoms with E-state index in [9.17, 15) is 19.5 Å². The number of aliphatic hydroxyl groups is 1. The minimum atomic E-state index is -0.834. The summed E-state index contributed by atoms with van der Waals surface area (Å²) < 4.78 is -1.24. The summed E-state index contributed by atoms with van der Waals surface area (Å²) in [5, 5.41) is 16.3. The van der Waals surface area contributed by atoms with E-state index >= 15 is 0 Å². The first kappa shape index (κ1) is 24.2. The summed E-state index contributed by atoms with van der Waals surface area (Å²) in [6, 6.07) is 14.7. The van der Waals surface area contributed by atoms with Gasteiger partial charge in [0.25, 0.3) is 0 Å². The zero-order valence-electron chi connectivity index (χ0n) is 19.5. The minimum absolute atomic E-state index is 0.213. The van der Waals surface area contributed by atoms with E-state index in [4.69, 9.17) is 11.6 Å². The Hall–Kier alpha value is -2.55. The molecule has 2 bridgehead atoms. The maximum atomic E-state index is 13.9. The summed E-state index contributed by atoms with van der Waals surface area (Å²) in [5.41, 5.74) is 1.13. The van der Waals surface area contributed by atoms with Gasteiger partial charge in [-0.15, -0.1) is 11.8 Å². The van der Waals surface area contributed by atoms with Crippen molar-refractivity contribution in [3.8, 4) is 0 Å². The van der Waals surface area contributed by atoms with Crippen molar-refractivity contribution in [3.63, 3.8) is 0 Å². The molecule has 0 aliphatic carbocycles. The summed E-state index contributed by atoms with van der Waals surface area (Å²) in [6.45, 7) is 3.46. The molecule has 3 saturated heterocycles. The van der Waals surface area contributed by atoms with E-state index in [1.165, 1.54) is 4.90 Å². The Morgan fingerprint density at radius 1 is 1.11 bits per heavy atom. The van der Waals surface area contributed by atoms with Crippen LogP contribution in [0.5, 0.6) is 0 Å². The van der Waals surface area contributed by atoms with E-state index in [1.807, 2.05) is 37.3 Å². The molecule has 2 aromatic rings. The Morgan fingerprint density at radius 2 is 1.80 bits per heavy atom. The van der Waals surface area contributed by atoms with Crippen molar-refractivity contribution in [1.82, 2.24) is 4.90 Å². The van der Waals surface area contributed by atoms with E-state index in [1.54, 1.807) is 43.0 Å². The number of aliphatic hydroxyl groups excluding tert-OH is 1. The summed E-state index contributed by atoms with van der Waals surface area (Å²) in [7, 11) is 0. The molecule has 0 aromatic heterocycles. The number of amides is 3. The Kier molecular flexibility index (Phi) is 6.10. The van der Waals surface area contributed by atoms with Gasteiger partial charge in [0.05, 0.1) is 39.9 Å². The van der Waals surface area contributed by atoms with Crippen molar-refractivity contribution < 1.29 is 19.5 Å². The van der Waals surface area contributed by atoms with Crippen LogP contribution in [-0.2, 0) is 14.4 Å². The van der Waals surface area contributed by atoms with E-state index in [0.29, 0.717) is 29.2 Å². The molecule has 9 heteroatoms. The van der Waals surface area contributed by atoms with Crippen molar-refractivity contribution >= 4 is 52.5 Å². The lowest BCUT2D eigenvalue weighted by molar-refractivity contribution is -0.141. The van der Waals surface area contributed by atoms with Crippen LogP contribution in [-0.4, -0.2) is 55.9 Å². The number of benzene rings is 2. The number of halogens is 1. The lowest BCUT2D eigenvalue weighted by Crippen LogP contribution is -2.54. The third kappa shape index (κ3) is 3.74. The molecule has 0 saturated carbocycles. The molecule has 3 aliphatic heterocycles. The van der Waals surface area contributed by atoms with Gasteiger partial charge in [-0.05, 0) is 51.0 Å². The number of carbonyl (C=O) groups excluding carboxylic acids is 3. The van der Waals surface area contributed by atoms with Crippen LogP contribution in [0.15, 0.2) is 54.6 Å². The lowest BCUT2D eigenvalue weighted by atomic mass is 9.66. The zero-order valence-corrected chi connectivity index (χ0v) is 21.1. The molecule has 7 nitrogen and oxygen atoms in total. The molecule has 3 amide bonds. The predicted octanol–water partition coefficient (Wildman–Crippen LogP) is 3.78. The van der Waals surface area contributed by atoms with Gasteiger partial charge in [0.15, 0.2) is 0 Å². The average molecular weight is 514 g/mol. The molecule has 1 spiro atoms. The maximum absolute atomic E-state index is 13.9. The molecule has 0 radical (unpaired) electrons. The molecule has 5 rings (SSSR count). The third-order valence-corrected chi connectivity index (χ3v) is 9.97. The number of anilines is 2. The third-order valence-electron chi connectivity index (χ3n) is 7.66. The largest absolute Gasteiger partial charge is 0.394 e. The summed E-state index contributed by atoms with van der Waals surface area (Å²) in [6.07, 6.45) is 1.35. The van der Waals surface area contributed by atoms with Crippen LogP contribution < -0.4 is 10.6 Å². The second-order valence-electron chi connectivity index (χ2n) is 9.83. The maximum Gasteiger partial charge on any atom is 0.248 e. The van der Waals surface area contributed by atoms with Crippen molar-refractivity contribution in [3.05, 3.63) is 59.6 Å². The number of nitrogens with zero attached hydrogens (tertiary/aromatic N) is 1. The van der Waals surface area contributed by atoms with Crippen molar-refractivity contribution in [2.24, 2.45) is 11.8 Å². The van der Waals surface area contributed by atoms with Gasteiger partial charge in [-0.25, -0.2) is 0 Å². The van der Waals surface area contributed by atoms with Gasteiger partial charge in [0.1, 0.15) is 6.04 Å². The first-order valence-corrected chi connectivity index (χ1v) is 13.0. The van der Waals surface area contributed by atoms with Gasteiger partial charge >= 0.3 is 0 Å². The summed E-state index contributed by atoms with van der Waals surface area (Å²) >= 11 is 7.88. The Labute approximate surface area is 213 Å². The average Bonchev–Trinajstić information content (AvgIpc) is 3.41. The molecule has 2 aromatic carbocycles. The summed E-state index contributed by atoms with van der Waals surface area (Å²) in [4.78, 5) is 42.8. The standard InChI is InChI=1S/C26H28ClN3O4S/c1-15(14-31)30-21(23(33)29-18-11-7-6-10-17(18)27)26-13-12-25(2,35-26)19(20(26)24(30)34)22(32)28-16-8-4-3-5-9-16/h3-11,15,19-21,31H,12-14H2,1-2H3,(H,28,32)(H,29,33)/t15-,19-,20+,21?,25+,26?/m1/s1. The molecular weight excluding hydrogens is 486 g/mol. The Balaban J connectivity index is 1.53. The second-order valence-corrected chi connectivity index (χ2v) is 12.1. The van der Waals surface area contributed by atoms with Crippen molar-refractivity contribution in [2.45, 2.75) is 48.3 Å². The SMILES string of the molecule is C[C@H](CO)N1C(=O)[C@@H]2[C@H](C(=O)Nc3ccccc3)[C@]3(C)CCC2(S3)C1C(=O)Nc1ccccc1Cl. The van der Waals surface area contributed by atoms with E-state index in [0.717, 1.165) is 0 Å². The van der Waals surface area contributed by atoms with Gasteiger partial charge < -0.3 is 20.6 Å². The van der Waals surface area contributed by atoms with Gasteiger partial charge in [-0.2, -0.15) is 0 Å². The quantitative estimate of drug-likeness (QED) is 0.546. The first-order chi connectivity index (χ1) is 16.7. The van der Waals surface area contributed by atoms with Crippen molar-refractivity contribution in [1.29, 1.82) is 0 Å². The second kappa shape index (κ2) is 8.84. The number of fused-ring (bicyclic) bond motifs is 1. The number of carbonyl (C=O) groups is 3. The monoisotopic (exact) mass is 513 g/mol. The molecule has 3 aliphatic rings. The highest BCUT2D eigenvalue weighted by atomic mass is 35.5. The van der Waals surface area contributed by atoms with Crippen LogP contribution in [0.4, 0.5) is 11.4 Å². The fourth-order valence-electron chi connectivity index (χ4n) is 6.13. The van der Waals surface area contributed by atoms with E-state index < -0.39 is 33.4 Å². The fourth-order valence-corrected chi connectivity index (χ4v) is 8.66. The predicted molar refractivity (Wildman–Crippen MR) is 137 cm³/mol. The number of nitrogens with one attached hydrogen (secondary N) is 2. The van der Waals surface area contributed by atoms with Gasteiger partial charge in [0.2, 0.25) is 17.7 Å². The van der Waals surface area contributed by atoms with Crippen LogP contribution in [0.25, 0.3) is 0 Å². The lowest BCUT2D eigenvalue weighted by Gasteiger charge is -2.36. The van der Waals surface area contributed by atoms with Gasteiger partial charge in [-0.3, -0.25) is 14.4 Å². The van der Waals surface area contributed by atoms with Crippen LogP contribution in [0.1, 0.15) is 26.7 Å². The topological polar surface area (TPSA) is 98.7 Å². The highest BCUT2D eigenvalue weighted by Crippen LogP contribution is 2.71. The first-order valence-electron chi connectivity index (χ1n) is 11.8. The number of thioether (sulfide) groups is 1. The number of likely N-dealkylation sites (tertiary alicyclic amines) is 1. The molecule has 3 heterocycles. The van der Waals surface area contributed by atoms with E-state index in [2.05, 4.69) is 10.6 Å². The van der Waals surface area contributed by atoms with Crippen LogP contribution in [0.3, 0.4) is 0 Å². The number of rotatable bonds is 6. The minimum Gasteiger partial charge on any atom is -0.394 e. The van der Waals surface area contributed by atoms with Gasteiger partial charge in [-0.1, -0.05) is 41.9 Å². The van der Waals surface area contributed by atoms with Crippen LogP contribution >= 0.6 is 23.4 Å². The molecule has 2 unspecified atom stereocenters. The molecular formula is C26H28ClN3O4S. The molecule has 6 atom stereocenters. The zero-order chi connectivity index (χ0) is 25.0. The Morgan fingerprint density at radius 3 is 2.49 bits per heavy atom. The highest BCUT2D eigenvalue weighted by molar-refractivity contribution is 8.02. The highest BCUT2D eigenvalue weighted by Gasteiger charge is 2.77. The van der Waals surface area contributed by atoms with Crippen LogP contribution in [0.2, 0.25) is 5.02 Å². The molecule has 3 fully saturated rings. The molecule has 35 heavy (non-hydrogen) atoms. The normalized spacial score (nSPS) is 31.8. The number of hydrogen-bond acceptors (Lipinski definition) is 5. The smallest absolute Gasteiger partial charge is 0.248 e. The van der Waals surface area contributed by atoms with Crippen LogP contribution in [0, 0.1) is 11.8 Å². The number of hydrogen-bond donors (Lipinski definition) is 3. The summed E-state index contributed by atoms with van der Waals surface area (Å²) in [5.74, 6) is -2.08.